The average molecular weight is 323 g/mol. The van der Waals surface area contributed by atoms with E-state index >= 15 is 0 Å². The minimum absolute atomic E-state index is 0.0558. The Morgan fingerprint density at radius 1 is 1.21 bits per heavy atom. The third-order valence-corrected chi connectivity index (χ3v) is 3.74. The van der Waals surface area contributed by atoms with Gasteiger partial charge in [-0.2, -0.15) is 0 Å². The maximum Gasteiger partial charge on any atom is 0.205 e. The molecule has 122 valence electrons. The van der Waals surface area contributed by atoms with Crippen molar-refractivity contribution in [2.75, 3.05) is 7.11 Å². The van der Waals surface area contributed by atoms with Crippen molar-refractivity contribution >= 4 is 5.78 Å². The molecular weight excluding hydrogens is 306 g/mol. The van der Waals surface area contributed by atoms with Crippen molar-refractivity contribution in [3.8, 4) is 22.8 Å². The highest BCUT2D eigenvalue weighted by atomic mass is 16.5. The second kappa shape index (κ2) is 6.58. The number of aryl methyl sites for hydroxylation is 1. The first-order valence-corrected chi connectivity index (χ1v) is 7.49. The molecule has 0 amide bonds. The van der Waals surface area contributed by atoms with Crippen molar-refractivity contribution in [1.29, 1.82) is 0 Å². The summed E-state index contributed by atoms with van der Waals surface area (Å²) in [6, 6.07) is 14.1. The first kappa shape index (κ1) is 15.8. The van der Waals surface area contributed by atoms with E-state index in [9.17, 15) is 9.90 Å². The van der Waals surface area contributed by atoms with Gasteiger partial charge >= 0.3 is 0 Å². The lowest BCUT2D eigenvalue weighted by molar-refractivity contribution is 0.0956. The van der Waals surface area contributed by atoms with Crippen LogP contribution in [-0.4, -0.2) is 23.2 Å². The Hall–Kier alpha value is -3.08. The van der Waals surface area contributed by atoms with Crippen LogP contribution in [0.25, 0.3) is 11.3 Å². The van der Waals surface area contributed by atoms with Gasteiger partial charge in [0.2, 0.25) is 11.5 Å². The minimum Gasteiger partial charge on any atom is -0.508 e. The number of carbonyl (C=O) groups excluding carboxylic acids is 1. The molecule has 2 aromatic carbocycles. The van der Waals surface area contributed by atoms with Crippen molar-refractivity contribution in [2.24, 2.45) is 0 Å². The van der Waals surface area contributed by atoms with Crippen molar-refractivity contribution < 1.29 is 19.2 Å². The third-order valence-electron chi connectivity index (χ3n) is 3.74. The van der Waals surface area contributed by atoms with Crippen molar-refractivity contribution in [2.45, 2.75) is 13.3 Å². The molecule has 0 aliphatic carbocycles. The normalized spacial score (nSPS) is 10.6. The highest BCUT2D eigenvalue weighted by molar-refractivity contribution is 5.96. The predicted octanol–water partition coefficient (Wildman–Crippen LogP) is 3.79. The molecular formula is C19H17NO4. The number of rotatable bonds is 5. The summed E-state index contributed by atoms with van der Waals surface area (Å²) in [6.07, 6.45) is 0.0558. The Labute approximate surface area is 139 Å². The summed E-state index contributed by atoms with van der Waals surface area (Å²) in [5.41, 5.74) is 2.91. The van der Waals surface area contributed by atoms with E-state index in [4.69, 9.17) is 9.26 Å². The van der Waals surface area contributed by atoms with E-state index in [0.717, 1.165) is 11.1 Å². The van der Waals surface area contributed by atoms with Gasteiger partial charge < -0.3 is 14.4 Å². The van der Waals surface area contributed by atoms with Crippen LogP contribution in [0.15, 0.2) is 53.1 Å². The van der Waals surface area contributed by atoms with Crippen LogP contribution in [0.1, 0.15) is 21.7 Å². The topological polar surface area (TPSA) is 72.6 Å². The molecule has 1 aromatic heterocycles. The Morgan fingerprint density at radius 3 is 2.83 bits per heavy atom. The second-order valence-electron chi connectivity index (χ2n) is 5.54. The van der Waals surface area contributed by atoms with Crippen LogP contribution in [-0.2, 0) is 6.42 Å². The van der Waals surface area contributed by atoms with Crippen LogP contribution in [0, 0.1) is 6.92 Å². The molecule has 0 saturated heterocycles. The zero-order valence-corrected chi connectivity index (χ0v) is 13.4. The molecule has 0 radical (unpaired) electrons. The van der Waals surface area contributed by atoms with E-state index in [-0.39, 0.29) is 23.7 Å². The average Bonchev–Trinajstić information content (AvgIpc) is 3.08. The summed E-state index contributed by atoms with van der Waals surface area (Å²) < 4.78 is 10.4. The molecule has 0 saturated carbocycles. The summed E-state index contributed by atoms with van der Waals surface area (Å²) in [7, 11) is 1.59. The molecule has 3 aromatic rings. The van der Waals surface area contributed by atoms with Crippen molar-refractivity contribution in [3.63, 3.8) is 0 Å². The molecule has 5 heteroatoms. The number of phenols is 1. The first-order chi connectivity index (χ1) is 11.6. The number of Topliss-reactive ketones (excluding diaryl/α,β-unsaturated/α-hetero) is 1. The van der Waals surface area contributed by atoms with Gasteiger partial charge in [-0.1, -0.05) is 35.0 Å². The van der Waals surface area contributed by atoms with Crippen molar-refractivity contribution in [1.82, 2.24) is 5.16 Å². The highest BCUT2D eigenvalue weighted by Gasteiger charge is 2.16. The highest BCUT2D eigenvalue weighted by Crippen LogP contribution is 2.25. The van der Waals surface area contributed by atoms with Crippen LogP contribution >= 0.6 is 0 Å². The van der Waals surface area contributed by atoms with E-state index in [1.807, 2.05) is 31.2 Å². The zero-order chi connectivity index (χ0) is 17.1. The van der Waals surface area contributed by atoms with Gasteiger partial charge in [0.05, 0.1) is 7.11 Å². The van der Waals surface area contributed by atoms with Crippen LogP contribution in [0.3, 0.4) is 0 Å². The summed E-state index contributed by atoms with van der Waals surface area (Å²) in [6.45, 7) is 1.91. The lowest BCUT2D eigenvalue weighted by atomic mass is 10.0. The van der Waals surface area contributed by atoms with Gasteiger partial charge in [0.1, 0.15) is 17.2 Å². The Kier molecular flexibility index (Phi) is 4.33. The van der Waals surface area contributed by atoms with Crippen LogP contribution in [0.2, 0.25) is 0 Å². The molecule has 0 aliphatic heterocycles. The van der Waals surface area contributed by atoms with E-state index in [1.54, 1.807) is 31.4 Å². The Morgan fingerprint density at radius 2 is 2.04 bits per heavy atom. The minimum atomic E-state index is -0.238. The summed E-state index contributed by atoms with van der Waals surface area (Å²) in [4.78, 5) is 12.4. The molecule has 0 fully saturated rings. The fourth-order valence-corrected chi connectivity index (χ4v) is 2.44. The number of aromatic hydroxyl groups is 1. The van der Waals surface area contributed by atoms with Crippen molar-refractivity contribution in [3.05, 3.63) is 65.4 Å². The standard InChI is InChI=1S/C19H17NO4/c1-12-6-7-17(21)14(8-12)10-18(22)19-11-16(20-24-19)13-4-3-5-15(9-13)23-2/h3-9,11,21H,10H2,1-2H3. The third kappa shape index (κ3) is 3.30. The number of benzene rings is 2. The molecule has 0 aliphatic rings. The number of carbonyl (C=O) groups is 1. The number of ether oxygens (including phenoxy) is 1. The SMILES string of the molecule is COc1cccc(-c2cc(C(=O)Cc3cc(C)ccc3O)on2)c1. The first-order valence-electron chi connectivity index (χ1n) is 7.49. The molecule has 0 bridgehead atoms. The fraction of sp³-hybridized carbons (Fsp3) is 0.158. The number of nitrogens with zero attached hydrogens (tertiary/aromatic N) is 1. The molecule has 1 N–H and O–H groups in total. The number of phenolic OH excluding ortho intramolecular Hbond substituents is 1. The summed E-state index contributed by atoms with van der Waals surface area (Å²) in [5, 5.41) is 13.8. The number of methoxy groups -OCH3 is 1. The molecule has 0 atom stereocenters. The van der Waals surface area contributed by atoms with Gasteiger partial charge in [-0.3, -0.25) is 4.79 Å². The quantitative estimate of drug-likeness (QED) is 0.723. The number of aromatic nitrogens is 1. The maximum absolute atomic E-state index is 12.4. The number of hydrogen-bond donors (Lipinski definition) is 1. The van der Waals surface area contributed by atoms with Crippen LogP contribution < -0.4 is 4.74 Å². The molecule has 0 spiro atoms. The van der Waals surface area contributed by atoms with E-state index < -0.39 is 0 Å². The smallest absolute Gasteiger partial charge is 0.205 e. The lowest BCUT2D eigenvalue weighted by Crippen LogP contribution is -2.02. The maximum atomic E-state index is 12.4. The molecule has 24 heavy (non-hydrogen) atoms. The van der Waals surface area contributed by atoms with E-state index in [1.165, 1.54) is 0 Å². The van der Waals surface area contributed by atoms with Gasteiger partial charge in [-0.25, -0.2) is 0 Å². The molecule has 5 nitrogen and oxygen atoms in total. The van der Waals surface area contributed by atoms with Gasteiger partial charge in [-0.15, -0.1) is 0 Å². The number of hydrogen-bond acceptors (Lipinski definition) is 5. The Balaban J connectivity index is 1.82. The Bertz CT molecular complexity index is 883. The fourth-order valence-electron chi connectivity index (χ4n) is 2.44. The van der Waals surface area contributed by atoms with Gasteiger partial charge in [0.25, 0.3) is 0 Å². The van der Waals surface area contributed by atoms with E-state index in [0.29, 0.717) is 17.0 Å². The lowest BCUT2D eigenvalue weighted by Gasteiger charge is -2.03. The van der Waals surface area contributed by atoms with E-state index in [2.05, 4.69) is 5.16 Å². The summed E-state index contributed by atoms with van der Waals surface area (Å²) in [5.74, 6) is 0.723. The van der Waals surface area contributed by atoms with Gasteiger partial charge in [-0.05, 0) is 25.1 Å². The largest absolute Gasteiger partial charge is 0.508 e. The molecule has 0 unspecified atom stereocenters. The van der Waals surface area contributed by atoms with Gasteiger partial charge in [0.15, 0.2) is 0 Å². The molecule has 3 rings (SSSR count). The van der Waals surface area contributed by atoms with Crippen LogP contribution in [0.5, 0.6) is 11.5 Å². The van der Waals surface area contributed by atoms with Crippen LogP contribution in [0.4, 0.5) is 0 Å². The predicted molar refractivity (Wildman–Crippen MR) is 89.4 cm³/mol. The van der Waals surface area contributed by atoms with Gasteiger partial charge in [0, 0.05) is 23.6 Å². The number of ketones is 1. The zero-order valence-electron chi connectivity index (χ0n) is 13.4. The monoisotopic (exact) mass is 323 g/mol. The second-order valence-corrected chi connectivity index (χ2v) is 5.54. The molecule has 1 heterocycles. The summed E-state index contributed by atoms with van der Waals surface area (Å²) >= 11 is 0.